The normalized spacial score (nSPS) is 10.5. The van der Waals surface area contributed by atoms with Crippen molar-refractivity contribution in [3.05, 3.63) is 28.7 Å². The number of halogens is 1. The highest BCUT2D eigenvalue weighted by atomic mass is 79.9. The van der Waals surface area contributed by atoms with Crippen molar-refractivity contribution in [2.45, 2.75) is 0 Å². The van der Waals surface area contributed by atoms with Gasteiger partial charge in [-0.15, -0.1) is 0 Å². The molecule has 5 heteroatoms. The van der Waals surface area contributed by atoms with Crippen molar-refractivity contribution in [1.82, 2.24) is 4.98 Å². The fraction of sp³-hybridized carbons (Fsp3) is 0. The highest BCUT2D eigenvalue weighted by Crippen LogP contribution is 2.29. The quantitative estimate of drug-likeness (QED) is 0.833. The van der Waals surface area contributed by atoms with Crippen LogP contribution < -0.4 is 0 Å². The van der Waals surface area contributed by atoms with Crippen LogP contribution in [0.5, 0.6) is 0 Å². The standard InChI is InChI=1S/C8H4BrNO3/c9-6-4-1-2-10-3-5(4)13-7(6)8(11)12/h1-3H,(H,11,12). The van der Waals surface area contributed by atoms with Gasteiger partial charge < -0.3 is 9.52 Å². The molecule has 2 aromatic heterocycles. The fourth-order valence-corrected chi connectivity index (χ4v) is 1.64. The first-order valence-electron chi connectivity index (χ1n) is 3.45. The summed E-state index contributed by atoms with van der Waals surface area (Å²) >= 11 is 3.15. The molecule has 66 valence electrons. The van der Waals surface area contributed by atoms with E-state index in [9.17, 15) is 4.79 Å². The number of carboxylic acid groups (broad SMARTS) is 1. The molecule has 2 heterocycles. The lowest BCUT2D eigenvalue weighted by atomic mass is 10.3. The highest BCUT2D eigenvalue weighted by Gasteiger charge is 2.17. The summed E-state index contributed by atoms with van der Waals surface area (Å²) in [6, 6.07) is 1.69. The van der Waals surface area contributed by atoms with Crippen molar-refractivity contribution < 1.29 is 14.3 Å². The Hall–Kier alpha value is -1.36. The molecule has 13 heavy (non-hydrogen) atoms. The zero-order valence-corrected chi connectivity index (χ0v) is 7.91. The van der Waals surface area contributed by atoms with Gasteiger partial charge in [0.1, 0.15) is 0 Å². The molecule has 0 aliphatic carbocycles. The summed E-state index contributed by atoms with van der Waals surface area (Å²) in [5.74, 6) is -1.19. The lowest BCUT2D eigenvalue weighted by molar-refractivity contribution is 0.0663. The third-order valence-electron chi connectivity index (χ3n) is 1.63. The summed E-state index contributed by atoms with van der Waals surface area (Å²) in [7, 11) is 0. The van der Waals surface area contributed by atoms with Gasteiger partial charge in [-0.25, -0.2) is 4.79 Å². The number of aromatic nitrogens is 1. The molecule has 0 unspecified atom stereocenters. The van der Waals surface area contributed by atoms with Crippen molar-refractivity contribution in [2.24, 2.45) is 0 Å². The van der Waals surface area contributed by atoms with Gasteiger partial charge in [-0.2, -0.15) is 0 Å². The first kappa shape index (κ1) is 8.25. The van der Waals surface area contributed by atoms with E-state index in [1.54, 1.807) is 12.3 Å². The van der Waals surface area contributed by atoms with Gasteiger partial charge in [0, 0.05) is 11.6 Å². The lowest BCUT2D eigenvalue weighted by Gasteiger charge is -1.85. The Bertz CT molecular complexity index is 477. The molecule has 0 atom stereocenters. The molecule has 0 spiro atoms. The maximum atomic E-state index is 10.6. The number of carbonyl (C=O) groups is 1. The molecule has 4 nitrogen and oxygen atoms in total. The van der Waals surface area contributed by atoms with Gasteiger partial charge in [0.15, 0.2) is 5.58 Å². The summed E-state index contributed by atoms with van der Waals surface area (Å²) in [5, 5.41) is 9.44. The highest BCUT2D eigenvalue weighted by molar-refractivity contribution is 9.10. The number of furan rings is 1. The van der Waals surface area contributed by atoms with Gasteiger partial charge in [0.25, 0.3) is 0 Å². The van der Waals surface area contributed by atoms with Crippen molar-refractivity contribution in [1.29, 1.82) is 0 Å². The minimum atomic E-state index is -1.09. The fourth-order valence-electron chi connectivity index (χ4n) is 1.06. The Morgan fingerprint density at radius 2 is 2.38 bits per heavy atom. The Morgan fingerprint density at radius 3 is 3.00 bits per heavy atom. The third-order valence-corrected chi connectivity index (χ3v) is 2.41. The average Bonchev–Trinajstić information content (AvgIpc) is 2.45. The van der Waals surface area contributed by atoms with E-state index in [0.29, 0.717) is 15.4 Å². The van der Waals surface area contributed by atoms with Crippen molar-refractivity contribution in [2.75, 3.05) is 0 Å². The Kier molecular flexibility index (Phi) is 1.81. The molecule has 2 aromatic rings. The summed E-state index contributed by atoms with van der Waals surface area (Å²) in [6.45, 7) is 0. The molecule has 0 saturated heterocycles. The van der Waals surface area contributed by atoms with Crippen LogP contribution in [-0.2, 0) is 0 Å². The molecular formula is C8H4BrNO3. The van der Waals surface area contributed by atoms with E-state index in [0.717, 1.165) is 0 Å². The number of hydrogen-bond acceptors (Lipinski definition) is 3. The largest absolute Gasteiger partial charge is 0.475 e. The molecule has 0 fully saturated rings. The second kappa shape index (κ2) is 2.85. The van der Waals surface area contributed by atoms with Crippen LogP contribution in [0.3, 0.4) is 0 Å². The number of carboxylic acids is 1. The van der Waals surface area contributed by atoms with E-state index < -0.39 is 5.97 Å². The molecule has 0 aliphatic rings. The van der Waals surface area contributed by atoms with Crippen LogP contribution in [0.15, 0.2) is 27.3 Å². The molecule has 0 aromatic carbocycles. The first-order valence-corrected chi connectivity index (χ1v) is 4.25. The molecule has 2 rings (SSSR count). The van der Waals surface area contributed by atoms with Crippen molar-refractivity contribution >= 4 is 32.9 Å². The molecule has 1 N–H and O–H groups in total. The monoisotopic (exact) mass is 241 g/mol. The minimum Gasteiger partial charge on any atom is -0.475 e. The average molecular weight is 242 g/mol. The van der Waals surface area contributed by atoms with Gasteiger partial charge in [0.05, 0.1) is 10.7 Å². The van der Waals surface area contributed by atoms with E-state index in [1.807, 2.05) is 0 Å². The summed E-state index contributed by atoms with van der Waals surface area (Å²) in [4.78, 5) is 14.5. The van der Waals surface area contributed by atoms with Gasteiger partial charge in [-0.1, -0.05) is 0 Å². The molecule has 0 radical (unpaired) electrons. The number of aromatic carboxylic acids is 1. The van der Waals surface area contributed by atoms with Crippen LogP contribution >= 0.6 is 15.9 Å². The lowest BCUT2D eigenvalue weighted by Crippen LogP contribution is -1.93. The zero-order valence-electron chi connectivity index (χ0n) is 6.32. The predicted molar refractivity (Wildman–Crippen MR) is 48.7 cm³/mol. The maximum Gasteiger partial charge on any atom is 0.373 e. The van der Waals surface area contributed by atoms with E-state index in [2.05, 4.69) is 20.9 Å². The van der Waals surface area contributed by atoms with Crippen LogP contribution in [0.25, 0.3) is 11.0 Å². The predicted octanol–water partition coefficient (Wildman–Crippen LogP) is 2.29. The first-order chi connectivity index (χ1) is 6.20. The van der Waals surface area contributed by atoms with Crippen LogP contribution in [0.2, 0.25) is 0 Å². The number of rotatable bonds is 1. The Labute approximate surface area is 81.3 Å². The molecule has 0 saturated carbocycles. The van der Waals surface area contributed by atoms with Crippen LogP contribution in [-0.4, -0.2) is 16.1 Å². The molecule has 0 bridgehead atoms. The topological polar surface area (TPSA) is 63.3 Å². The summed E-state index contributed by atoms with van der Waals surface area (Å²) < 4.78 is 5.51. The summed E-state index contributed by atoms with van der Waals surface area (Å²) in [5.41, 5.74) is 0.465. The van der Waals surface area contributed by atoms with E-state index in [4.69, 9.17) is 9.52 Å². The Balaban J connectivity index is 2.81. The Morgan fingerprint density at radius 1 is 1.62 bits per heavy atom. The second-order valence-electron chi connectivity index (χ2n) is 2.42. The van der Waals surface area contributed by atoms with E-state index in [1.165, 1.54) is 6.20 Å². The van der Waals surface area contributed by atoms with Crippen LogP contribution in [0.4, 0.5) is 0 Å². The van der Waals surface area contributed by atoms with E-state index in [-0.39, 0.29) is 5.76 Å². The molecular weight excluding hydrogens is 238 g/mol. The second-order valence-corrected chi connectivity index (χ2v) is 3.22. The molecule has 0 amide bonds. The van der Waals surface area contributed by atoms with Crippen molar-refractivity contribution in [3.8, 4) is 0 Å². The number of nitrogens with zero attached hydrogens (tertiary/aromatic N) is 1. The summed E-state index contributed by atoms with van der Waals surface area (Å²) in [6.07, 6.45) is 3.06. The number of hydrogen-bond donors (Lipinski definition) is 1. The maximum absolute atomic E-state index is 10.6. The van der Waals surface area contributed by atoms with Gasteiger partial charge in [0.2, 0.25) is 5.76 Å². The van der Waals surface area contributed by atoms with Crippen LogP contribution in [0.1, 0.15) is 10.6 Å². The SMILES string of the molecule is O=C(O)c1oc2cnccc2c1Br. The number of pyridine rings is 1. The zero-order chi connectivity index (χ0) is 9.42. The minimum absolute atomic E-state index is 0.0944. The van der Waals surface area contributed by atoms with Gasteiger partial charge in [-0.3, -0.25) is 4.98 Å². The van der Waals surface area contributed by atoms with Crippen molar-refractivity contribution in [3.63, 3.8) is 0 Å². The third kappa shape index (κ3) is 1.21. The van der Waals surface area contributed by atoms with Gasteiger partial charge in [-0.05, 0) is 22.0 Å². The van der Waals surface area contributed by atoms with Crippen LogP contribution in [0, 0.1) is 0 Å². The van der Waals surface area contributed by atoms with Gasteiger partial charge >= 0.3 is 5.97 Å². The smallest absolute Gasteiger partial charge is 0.373 e. The number of fused-ring (bicyclic) bond motifs is 1. The molecule has 0 aliphatic heterocycles. The van der Waals surface area contributed by atoms with E-state index >= 15 is 0 Å².